The number of ether oxygens (including phenoxy) is 2. The highest BCUT2D eigenvalue weighted by molar-refractivity contribution is 5.46. The van der Waals surface area contributed by atoms with Crippen molar-refractivity contribution in [2.75, 3.05) is 7.11 Å². The minimum Gasteiger partial charge on any atom is -0.493 e. The molecule has 0 aliphatic rings. The summed E-state index contributed by atoms with van der Waals surface area (Å²) < 4.78 is 11.6. The van der Waals surface area contributed by atoms with Crippen molar-refractivity contribution >= 4 is 0 Å². The van der Waals surface area contributed by atoms with Crippen LogP contribution in [0, 0.1) is 6.92 Å². The lowest BCUT2D eigenvalue weighted by Crippen LogP contribution is -2.80. The standard InChI is InChI=1S/C23H25NO2/c1-18-11-13-19(14-12-18)15-24-16-21-9-6-10-22(25-2)23(21)26-17-20-7-4-3-5-8-20/h3-14,24H,15-17H2,1-2H3/p+1. The van der Waals surface area contributed by atoms with Gasteiger partial charge in [-0.2, -0.15) is 0 Å². The highest BCUT2D eigenvalue weighted by atomic mass is 16.5. The van der Waals surface area contributed by atoms with Crippen molar-refractivity contribution in [3.8, 4) is 11.5 Å². The van der Waals surface area contributed by atoms with Crippen LogP contribution in [0.15, 0.2) is 72.8 Å². The Labute approximate surface area is 155 Å². The van der Waals surface area contributed by atoms with E-state index in [2.05, 4.69) is 54.7 Å². The first kappa shape index (κ1) is 18.0. The van der Waals surface area contributed by atoms with E-state index in [4.69, 9.17) is 9.47 Å². The van der Waals surface area contributed by atoms with Gasteiger partial charge in [0.05, 0.1) is 12.7 Å². The molecule has 0 atom stereocenters. The SMILES string of the molecule is COc1cccc(C[NH2+]Cc2ccc(C)cc2)c1OCc1ccccc1. The van der Waals surface area contributed by atoms with Crippen molar-refractivity contribution in [3.63, 3.8) is 0 Å². The van der Waals surface area contributed by atoms with Crippen LogP contribution in [0.4, 0.5) is 0 Å². The summed E-state index contributed by atoms with van der Waals surface area (Å²) in [5.74, 6) is 1.61. The third kappa shape index (κ3) is 4.87. The van der Waals surface area contributed by atoms with Gasteiger partial charge in [0, 0.05) is 5.56 Å². The van der Waals surface area contributed by atoms with E-state index in [9.17, 15) is 0 Å². The Balaban J connectivity index is 1.66. The molecule has 0 bridgehead atoms. The monoisotopic (exact) mass is 348 g/mol. The van der Waals surface area contributed by atoms with Crippen molar-refractivity contribution < 1.29 is 14.8 Å². The molecule has 3 aromatic carbocycles. The molecule has 0 aliphatic heterocycles. The summed E-state index contributed by atoms with van der Waals surface area (Å²) in [6.07, 6.45) is 0. The summed E-state index contributed by atoms with van der Waals surface area (Å²) in [7, 11) is 1.69. The van der Waals surface area contributed by atoms with E-state index < -0.39 is 0 Å². The van der Waals surface area contributed by atoms with E-state index in [1.165, 1.54) is 11.1 Å². The van der Waals surface area contributed by atoms with Gasteiger partial charge in [0.15, 0.2) is 11.5 Å². The van der Waals surface area contributed by atoms with Gasteiger partial charge in [-0.25, -0.2) is 0 Å². The molecule has 0 unspecified atom stereocenters. The lowest BCUT2D eigenvalue weighted by atomic mass is 10.1. The molecule has 26 heavy (non-hydrogen) atoms. The van der Waals surface area contributed by atoms with Crippen LogP contribution in [-0.4, -0.2) is 7.11 Å². The van der Waals surface area contributed by atoms with Crippen LogP contribution in [0.1, 0.15) is 22.3 Å². The molecular formula is C23H26NO2+. The molecule has 0 aliphatic carbocycles. The fraction of sp³-hybridized carbons (Fsp3) is 0.217. The maximum atomic E-state index is 6.12. The average Bonchev–Trinajstić information content (AvgIpc) is 2.69. The Hall–Kier alpha value is -2.78. The molecular weight excluding hydrogens is 322 g/mol. The van der Waals surface area contributed by atoms with E-state index in [-0.39, 0.29) is 0 Å². The molecule has 3 aromatic rings. The van der Waals surface area contributed by atoms with Gasteiger partial charge < -0.3 is 14.8 Å². The van der Waals surface area contributed by atoms with Crippen molar-refractivity contribution in [1.82, 2.24) is 0 Å². The number of aryl methyl sites for hydroxylation is 1. The second-order valence-corrected chi connectivity index (χ2v) is 6.41. The minimum atomic E-state index is 0.534. The van der Waals surface area contributed by atoms with Gasteiger partial charge in [-0.15, -0.1) is 0 Å². The zero-order chi connectivity index (χ0) is 18.2. The topological polar surface area (TPSA) is 35.1 Å². The van der Waals surface area contributed by atoms with Gasteiger partial charge in [-0.3, -0.25) is 0 Å². The molecule has 0 radical (unpaired) electrons. The van der Waals surface area contributed by atoms with Crippen molar-refractivity contribution in [3.05, 3.63) is 95.1 Å². The van der Waals surface area contributed by atoms with E-state index in [1.807, 2.05) is 30.3 Å². The van der Waals surface area contributed by atoms with Crippen LogP contribution in [0.5, 0.6) is 11.5 Å². The first-order valence-corrected chi connectivity index (χ1v) is 8.96. The molecule has 0 saturated carbocycles. The molecule has 0 aromatic heterocycles. The Bertz CT molecular complexity index is 813. The lowest BCUT2D eigenvalue weighted by Gasteiger charge is -2.14. The zero-order valence-electron chi connectivity index (χ0n) is 15.4. The predicted molar refractivity (Wildman–Crippen MR) is 104 cm³/mol. The number of methoxy groups -OCH3 is 1. The molecule has 0 saturated heterocycles. The number of nitrogens with two attached hydrogens (primary N) is 1. The van der Waals surface area contributed by atoms with Crippen LogP contribution in [0.25, 0.3) is 0 Å². The molecule has 0 spiro atoms. The van der Waals surface area contributed by atoms with Gasteiger partial charge in [-0.05, 0) is 24.6 Å². The van der Waals surface area contributed by atoms with Crippen LogP contribution in [0.3, 0.4) is 0 Å². The molecule has 134 valence electrons. The predicted octanol–water partition coefficient (Wildman–Crippen LogP) is 3.85. The molecule has 0 heterocycles. The number of rotatable bonds is 8. The normalized spacial score (nSPS) is 10.5. The third-order valence-corrected chi connectivity index (χ3v) is 4.37. The van der Waals surface area contributed by atoms with Crippen LogP contribution < -0.4 is 14.8 Å². The molecule has 0 fully saturated rings. The summed E-state index contributed by atoms with van der Waals surface area (Å²) in [4.78, 5) is 0. The van der Waals surface area contributed by atoms with Crippen molar-refractivity contribution in [2.24, 2.45) is 0 Å². The maximum Gasteiger partial charge on any atom is 0.170 e. The van der Waals surface area contributed by atoms with E-state index in [0.717, 1.165) is 35.7 Å². The number of hydrogen-bond donors (Lipinski definition) is 1. The Morgan fingerprint density at radius 2 is 1.54 bits per heavy atom. The smallest absolute Gasteiger partial charge is 0.170 e. The number of benzene rings is 3. The molecule has 2 N–H and O–H groups in total. The minimum absolute atomic E-state index is 0.534. The summed E-state index contributed by atoms with van der Waals surface area (Å²) >= 11 is 0. The lowest BCUT2D eigenvalue weighted by molar-refractivity contribution is -0.686. The van der Waals surface area contributed by atoms with Gasteiger partial charge in [0.25, 0.3) is 0 Å². The van der Waals surface area contributed by atoms with Crippen molar-refractivity contribution in [1.29, 1.82) is 0 Å². The largest absolute Gasteiger partial charge is 0.493 e. The highest BCUT2D eigenvalue weighted by Crippen LogP contribution is 2.31. The van der Waals surface area contributed by atoms with Crippen LogP contribution in [-0.2, 0) is 19.7 Å². The second-order valence-electron chi connectivity index (χ2n) is 6.41. The Morgan fingerprint density at radius 1 is 0.769 bits per heavy atom. The molecule has 0 amide bonds. The Kier molecular flexibility index (Phi) is 6.29. The first-order chi connectivity index (χ1) is 12.8. The highest BCUT2D eigenvalue weighted by Gasteiger charge is 2.12. The average molecular weight is 348 g/mol. The summed E-state index contributed by atoms with van der Waals surface area (Å²) in [6.45, 7) is 4.43. The summed E-state index contributed by atoms with van der Waals surface area (Å²) in [6, 6.07) is 25.0. The van der Waals surface area contributed by atoms with Gasteiger partial charge in [-0.1, -0.05) is 66.2 Å². The van der Waals surface area contributed by atoms with Crippen molar-refractivity contribution in [2.45, 2.75) is 26.6 Å². The molecule has 3 nitrogen and oxygen atoms in total. The zero-order valence-corrected chi connectivity index (χ0v) is 15.4. The molecule has 3 rings (SSSR count). The summed E-state index contributed by atoms with van der Waals surface area (Å²) in [5.41, 5.74) is 4.91. The Morgan fingerprint density at radius 3 is 2.27 bits per heavy atom. The third-order valence-electron chi connectivity index (χ3n) is 4.37. The fourth-order valence-electron chi connectivity index (χ4n) is 2.89. The molecule has 3 heteroatoms. The maximum absolute atomic E-state index is 6.12. The van der Waals surface area contributed by atoms with Gasteiger partial charge in [0.2, 0.25) is 0 Å². The first-order valence-electron chi connectivity index (χ1n) is 8.96. The van der Waals surface area contributed by atoms with Crippen LogP contribution in [0.2, 0.25) is 0 Å². The van der Waals surface area contributed by atoms with E-state index >= 15 is 0 Å². The quantitative estimate of drug-likeness (QED) is 0.671. The number of para-hydroxylation sites is 1. The fourth-order valence-corrected chi connectivity index (χ4v) is 2.89. The van der Waals surface area contributed by atoms with Gasteiger partial charge in [0.1, 0.15) is 19.7 Å². The number of quaternary nitrogens is 1. The number of hydrogen-bond acceptors (Lipinski definition) is 2. The van der Waals surface area contributed by atoms with E-state index in [0.29, 0.717) is 6.61 Å². The van der Waals surface area contributed by atoms with Gasteiger partial charge >= 0.3 is 0 Å². The van der Waals surface area contributed by atoms with E-state index in [1.54, 1.807) is 7.11 Å². The summed E-state index contributed by atoms with van der Waals surface area (Å²) in [5, 5.41) is 2.29. The van der Waals surface area contributed by atoms with Crippen LogP contribution >= 0.6 is 0 Å². The second kappa shape index (κ2) is 9.07.